The number of methoxy groups -OCH3 is 2. The van der Waals surface area contributed by atoms with E-state index in [2.05, 4.69) is 32.9 Å². The molecule has 7 heteroatoms. The lowest BCUT2D eigenvalue weighted by molar-refractivity contribution is 0.0439. The lowest BCUT2D eigenvalue weighted by Gasteiger charge is -2.27. The first kappa shape index (κ1) is 27.3. The Morgan fingerprint density at radius 2 is 1.67 bits per heavy atom. The average Bonchev–Trinajstić information content (AvgIpc) is 2.86. The Morgan fingerprint density at radius 1 is 0.944 bits per heavy atom. The predicted molar refractivity (Wildman–Crippen MR) is 138 cm³/mol. The van der Waals surface area contributed by atoms with Gasteiger partial charge in [-0.25, -0.2) is 0 Å². The third-order valence-electron chi connectivity index (χ3n) is 5.66. The summed E-state index contributed by atoms with van der Waals surface area (Å²) in [6.07, 6.45) is 6.20. The first-order valence-corrected chi connectivity index (χ1v) is 12.0. The molecule has 0 aromatic heterocycles. The minimum Gasteiger partial charge on any atom is -0.490 e. The van der Waals surface area contributed by atoms with Gasteiger partial charge in [0.1, 0.15) is 41.3 Å². The lowest BCUT2D eigenvalue weighted by Crippen LogP contribution is -2.21. The molecule has 36 heavy (non-hydrogen) atoms. The number of fused-ring (bicyclic) bond motifs is 1. The van der Waals surface area contributed by atoms with Crippen LogP contribution >= 0.6 is 0 Å². The van der Waals surface area contributed by atoms with Gasteiger partial charge >= 0.3 is 0 Å². The molecule has 0 amide bonds. The van der Waals surface area contributed by atoms with Gasteiger partial charge < -0.3 is 28.4 Å². The second-order valence-electron chi connectivity index (χ2n) is 8.88. The van der Waals surface area contributed by atoms with Crippen molar-refractivity contribution in [3.8, 4) is 23.0 Å². The quantitative estimate of drug-likeness (QED) is 0.234. The van der Waals surface area contributed by atoms with E-state index in [0.717, 1.165) is 24.2 Å². The van der Waals surface area contributed by atoms with Crippen LogP contribution < -0.4 is 18.9 Å². The molecule has 194 valence electrons. The Bertz CT molecular complexity index is 1070. The minimum atomic E-state index is -0.427. The van der Waals surface area contributed by atoms with Gasteiger partial charge in [-0.1, -0.05) is 29.4 Å². The fourth-order valence-corrected chi connectivity index (χ4v) is 3.78. The summed E-state index contributed by atoms with van der Waals surface area (Å²) in [5.41, 5.74) is 3.92. The number of allylic oxidation sites excluding steroid dienone is 3. The molecule has 0 fully saturated rings. The van der Waals surface area contributed by atoms with Crippen molar-refractivity contribution >= 4 is 5.78 Å². The number of rotatable bonds is 13. The van der Waals surface area contributed by atoms with Crippen molar-refractivity contribution in [2.75, 3.05) is 34.4 Å². The number of ether oxygens (including phenoxy) is 6. The van der Waals surface area contributed by atoms with Gasteiger partial charge in [0.05, 0.1) is 6.42 Å². The van der Waals surface area contributed by atoms with E-state index in [1.165, 1.54) is 25.4 Å². The number of hydrogen-bond acceptors (Lipinski definition) is 7. The molecule has 0 spiro atoms. The molecule has 0 saturated carbocycles. The first-order chi connectivity index (χ1) is 17.4. The molecule has 1 unspecified atom stereocenters. The topological polar surface area (TPSA) is 72.5 Å². The van der Waals surface area contributed by atoms with Crippen molar-refractivity contribution in [2.45, 2.75) is 46.1 Å². The van der Waals surface area contributed by atoms with Gasteiger partial charge in [0.25, 0.3) is 0 Å². The van der Waals surface area contributed by atoms with Crippen LogP contribution in [-0.4, -0.2) is 40.2 Å². The van der Waals surface area contributed by atoms with Crippen LogP contribution in [0.3, 0.4) is 0 Å². The van der Waals surface area contributed by atoms with Crippen LogP contribution in [-0.2, 0) is 9.47 Å². The number of hydrogen-bond donors (Lipinski definition) is 0. The van der Waals surface area contributed by atoms with Crippen molar-refractivity contribution in [1.82, 2.24) is 0 Å². The molecular weight excluding hydrogens is 460 g/mol. The highest BCUT2D eigenvalue weighted by molar-refractivity contribution is 6.02. The van der Waals surface area contributed by atoms with Gasteiger partial charge in [-0.05, 0) is 57.4 Å². The molecule has 2 aromatic carbocycles. The van der Waals surface area contributed by atoms with Gasteiger partial charge in [0, 0.05) is 26.4 Å². The molecule has 2 aromatic rings. The third-order valence-corrected chi connectivity index (χ3v) is 5.66. The Hall–Kier alpha value is -3.29. The summed E-state index contributed by atoms with van der Waals surface area (Å²) >= 11 is 0. The Kier molecular flexibility index (Phi) is 10.4. The fourth-order valence-electron chi connectivity index (χ4n) is 3.78. The van der Waals surface area contributed by atoms with E-state index in [1.807, 2.05) is 24.3 Å². The predicted octanol–water partition coefficient (Wildman–Crippen LogP) is 6.43. The Balaban J connectivity index is 1.67. The fraction of sp³-hybridized carbons (Fsp3) is 0.414. The lowest BCUT2D eigenvalue weighted by atomic mass is 9.95. The highest BCUT2D eigenvalue weighted by Crippen LogP contribution is 2.42. The number of carbonyl (C=O) groups excluding carboxylic acids is 1. The van der Waals surface area contributed by atoms with Crippen LogP contribution in [0.15, 0.2) is 59.7 Å². The second-order valence-corrected chi connectivity index (χ2v) is 8.88. The number of Topliss-reactive ketones (excluding diaryl/α,β-unsaturated/α-hetero) is 1. The maximum Gasteiger partial charge on any atom is 0.188 e. The van der Waals surface area contributed by atoms with E-state index < -0.39 is 6.10 Å². The van der Waals surface area contributed by atoms with E-state index in [4.69, 9.17) is 28.4 Å². The molecular formula is C29H36O7. The first-order valence-electron chi connectivity index (χ1n) is 12.0. The number of ketones is 1. The largest absolute Gasteiger partial charge is 0.490 e. The van der Waals surface area contributed by atoms with Crippen molar-refractivity contribution in [2.24, 2.45) is 0 Å². The molecule has 3 rings (SSSR count). The molecule has 1 heterocycles. The SMILES string of the molecule is COCOc1cc(OCOC)c2c(c1)OC(c1ccc(OC/C=C(\C)CCC=C(C)C)cc1)CC2=O. The van der Waals surface area contributed by atoms with Crippen molar-refractivity contribution in [1.29, 1.82) is 0 Å². The van der Waals surface area contributed by atoms with Crippen LogP contribution in [0.5, 0.6) is 23.0 Å². The number of benzene rings is 2. The smallest absolute Gasteiger partial charge is 0.188 e. The summed E-state index contributed by atoms with van der Waals surface area (Å²) < 4.78 is 33.3. The van der Waals surface area contributed by atoms with Gasteiger partial charge in [-0.3, -0.25) is 4.79 Å². The summed E-state index contributed by atoms with van der Waals surface area (Å²) in [5.74, 6) is 1.93. The zero-order valence-electron chi connectivity index (χ0n) is 21.8. The van der Waals surface area contributed by atoms with E-state index in [1.54, 1.807) is 12.1 Å². The molecule has 0 bridgehead atoms. The van der Waals surface area contributed by atoms with Crippen molar-refractivity contribution in [3.05, 3.63) is 70.8 Å². The normalized spacial score (nSPS) is 15.1. The van der Waals surface area contributed by atoms with Crippen LogP contribution in [0.25, 0.3) is 0 Å². The van der Waals surface area contributed by atoms with Crippen LogP contribution in [0, 0.1) is 0 Å². The zero-order chi connectivity index (χ0) is 25.9. The van der Waals surface area contributed by atoms with E-state index in [0.29, 0.717) is 29.4 Å². The summed E-state index contributed by atoms with van der Waals surface area (Å²) in [4.78, 5) is 13.1. The second kappa shape index (κ2) is 13.7. The molecule has 1 atom stereocenters. The van der Waals surface area contributed by atoms with Crippen LogP contribution in [0.2, 0.25) is 0 Å². The summed E-state index contributed by atoms with van der Waals surface area (Å²) in [6.45, 7) is 6.93. The maximum atomic E-state index is 13.1. The van der Waals surface area contributed by atoms with E-state index in [-0.39, 0.29) is 25.8 Å². The molecule has 1 aliphatic heterocycles. The zero-order valence-corrected chi connectivity index (χ0v) is 21.8. The van der Waals surface area contributed by atoms with Crippen LogP contribution in [0.1, 0.15) is 62.1 Å². The third kappa shape index (κ3) is 7.86. The molecule has 7 nitrogen and oxygen atoms in total. The molecule has 0 saturated heterocycles. The van der Waals surface area contributed by atoms with Gasteiger partial charge in [-0.2, -0.15) is 0 Å². The van der Waals surface area contributed by atoms with Crippen LogP contribution in [0.4, 0.5) is 0 Å². The van der Waals surface area contributed by atoms with Gasteiger partial charge in [0.15, 0.2) is 19.4 Å². The van der Waals surface area contributed by atoms with Crippen molar-refractivity contribution < 1.29 is 33.2 Å². The maximum absolute atomic E-state index is 13.1. The summed E-state index contributed by atoms with van der Waals surface area (Å²) in [5, 5.41) is 0. The highest BCUT2D eigenvalue weighted by atomic mass is 16.7. The molecule has 0 N–H and O–H groups in total. The summed E-state index contributed by atoms with van der Waals surface area (Å²) in [7, 11) is 3.05. The highest BCUT2D eigenvalue weighted by Gasteiger charge is 2.31. The Morgan fingerprint density at radius 3 is 2.36 bits per heavy atom. The molecule has 0 aliphatic carbocycles. The standard InChI is InChI=1S/C29H36O7/c1-20(2)7-6-8-21(3)13-14-33-23-11-9-22(10-12-23)26-17-25(30)29-27(35-19-32-5)15-24(34-18-31-4)16-28(29)36-26/h7,9-13,15-16,26H,6,8,14,17-19H2,1-5H3/b21-13+. The molecule has 1 aliphatic rings. The average molecular weight is 497 g/mol. The monoisotopic (exact) mass is 496 g/mol. The molecule has 0 radical (unpaired) electrons. The summed E-state index contributed by atoms with van der Waals surface area (Å²) in [6, 6.07) is 11.0. The van der Waals surface area contributed by atoms with Gasteiger partial charge in [0.2, 0.25) is 0 Å². The van der Waals surface area contributed by atoms with Crippen molar-refractivity contribution in [3.63, 3.8) is 0 Å². The van der Waals surface area contributed by atoms with Gasteiger partial charge in [-0.15, -0.1) is 0 Å². The Labute approximate surface area is 213 Å². The van der Waals surface area contributed by atoms with E-state index in [9.17, 15) is 4.79 Å². The van der Waals surface area contributed by atoms with E-state index >= 15 is 0 Å². The minimum absolute atomic E-state index is 0.00249. The number of carbonyl (C=O) groups is 1.